The van der Waals surface area contributed by atoms with E-state index in [1.807, 2.05) is 0 Å². The van der Waals surface area contributed by atoms with Crippen LogP contribution >= 0.6 is 0 Å². The van der Waals surface area contributed by atoms with E-state index in [1.165, 1.54) is 20.8 Å². The Morgan fingerprint density at radius 2 is 1.83 bits per heavy atom. The van der Waals surface area contributed by atoms with E-state index in [0.29, 0.717) is 17.0 Å². The predicted molar refractivity (Wildman–Crippen MR) is 113 cm³/mol. The normalized spacial score (nSPS) is 11.7. The summed E-state index contributed by atoms with van der Waals surface area (Å²) >= 11 is 0. The molecule has 0 aliphatic rings. The number of aromatic amines is 1. The average Bonchev–Trinajstić information content (AvgIpc) is 2.79. The van der Waals surface area contributed by atoms with Gasteiger partial charge in [0.05, 0.1) is 30.1 Å². The van der Waals surface area contributed by atoms with Crippen molar-refractivity contribution < 1.29 is 31.1 Å². The summed E-state index contributed by atoms with van der Waals surface area (Å²) in [4.78, 5) is 35.2. The number of aromatic nitrogens is 4. The van der Waals surface area contributed by atoms with E-state index < -0.39 is 59.2 Å². The first-order valence-electron chi connectivity index (χ1n) is 10.1. The molecule has 190 valence electrons. The van der Waals surface area contributed by atoms with Gasteiger partial charge in [-0.2, -0.15) is 14.0 Å². The van der Waals surface area contributed by atoms with Gasteiger partial charge in [-0.25, -0.2) is 27.5 Å². The van der Waals surface area contributed by atoms with Gasteiger partial charge in [0.2, 0.25) is 5.75 Å². The lowest BCUT2D eigenvalue weighted by atomic mass is 10.0. The van der Waals surface area contributed by atoms with Crippen LogP contribution in [0, 0.1) is 32.1 Å². The number of nitrogens with one attached hydrogen (secondary N) is 1. The maximum Gasteiger partial charge on any atom is 0.352 e. The van der Waals surface area contributed by atoms with Crippen molar-refractivity contribution >= 4 is 0 Å². The van der Waals surface area contributed by atoms with Gasteiger partial charge < -0.3 is 9.72 Å². The van der Waals surface area contributed by atoms with Gasteiger partial charge in [-0.05, 0) is 32.9 Å². The highest BCUT2D eigenvalue weighted by molar-refractivity contribution is 5.51. The van der Waals surface area contributed by atoms with Crippen molar-refractivity contribution in [2.45, 2.75) is 46.1 Å². The van der Waals surface area contributed by atoms with Gasteiger partial charge in [-0.1, -0.05) is 0 Å². The number of nitriles is 1. The first kappa shape index (κ1) is 26.5. The van der Waals surface area contributed by atoms with Crippen LogP contribution in [-0.2, 0) is 12.5 Å². The third-order valence-electron chi connectivity index (χ3n) is 5.22. The Morgan fingerprint density at radius 3 is 2.39 bits per heavy atom. The Morgan fingerprint density at radius 1 is 1.17 bits per heavy atom. The molecule has 2 aromatic heterocycles. The molecule has 0 fully saturated rings. The van der Waals surface area contributed by atoms with Crippen LogP contribution in [0.1, 0.15) is 45.9 Å². The van der Waals surface area contributed by atoms with Crippen molar-refractivity contribution in [3.63, 3.8) is 0 Å². The molecule has 1 N–H and O–H groups in total. The summed E-state index contributed by atoms with van der Waals surface area (Å²) in [6, 6.07) is 3.16. The molecule has 2 heterocycles. The quantitative estimate of drug-likeness (QED) is 0.473. The standard InChI is InChI=1S/C22H17F6N5O3/c1-9-13(6-29)4-12(18(23)24)5-15(9)36-16-17(22(27,28)21(25)26)30-8-33(20(16)35)7-14-10(2)31-11(3)32-19(14)34/h4-5,8,18,21H,7H2,1-3H3,(H,31,32,34). The van der Waals surface area contributed by atoms with Crippen molar-refractivity contribution in [3.05, 3.63) is 78.6 Å². The Kier molecular flexibility index (Phi) is 7.23. The van der Waals surface area contributed by atoms with Gasteiger partial charge in [-0.15, -0.1) is 0 Å². The summed E-state index contributed by atoms with van der Waals surface area (Å²) in [7, 11) is 0. The summed E-state index contributed by atoms with van der Waals surface area (Å²) in [5.74, 6) is -6.68. The van der Waals surface area contributed by atoms with Crippen molar-refractivity contribution in [1.82, 2.24) is 19.5 Å². The number of H-pyrrole nitrogens is 1. The van der Waals surface area contributed by atoms with E-state index in [1.54, 1.807) is 6.07 Å². The molecule has 0 aliphatic carbocycles. The lowest BCUT2D eigenvalue weighted by Gasteiger charge is -2.20. The second-order valence-electron chi connectivity index (χ2n) is 7.70. The molecule has 0 aliphatic heterocycles. The molecular weight excluding hydrogens is 496 g/mol. The van der Waals surface area contributed by atoms with Gasteiger partial charge >= 0.3 is 12.3 Å². The lowest BCUT2D eigenvalue weighted by molar-refractivity contribution is -0.139. The predicted octanol–water partition coefficient (Wildman–Crippen LogP) is 4.26. The molecule has 1 aromatic carbocycles. The zero-order chi connectivity index (χ0) is 26.9. The van der Waals surface area contributed by atoms with E-state index in [2.05, 4.69) is 15.0 Å². The number of hydrogen-bond acceptors (Lipinski definition) is 6. The van der Waals surface area contributed by atoms with Crippen molar-refractivity contribution in [3.8, 4) is 17.6 Å². The molecule has 0 radical (unpaired) electrons. The fourth-order valence-electron chi connectivity index (χ4n) is 3.29. The molecule has 0 saturated heterocycles. The van der Waals surface area contributed by atoms with Crippen LogP contribution in [0.25, 0.3) is 0 Å². The summed E-state index contributed by atoms with van der Waals surface area (Å²) < 4.78 is 87.4. The number of nitrogens with zero attached hydrogens (tertiary/aromatic N) is 4. The average molecular weight is 513 g/mol. The van der Waals surface area contributed by atoms with E-state index in [4.69, 9.17) is 4.74 Å². The second-order valence-corrected chi connectivity index (χ2v) is 7.70. The second kappa shape index (κ2) is 9.84. The highest BCUT2D eigenvalue weighted by atomic mass is 19.3. The number of alkyl halides is 6. The van der Waals surface area contributed by atoms with Gasteiger partial charge in [-0.3, -0.25) is 14.2 Å². The highest BCUT2D eigenvalue weighted by Crippen LogP contribution is 2.39. The smallest absolute Gasteiger partial charge is 0.352 e. The Hall–Kier alpha value is -4.15. The van der Waals surface area contributed by atoms with Crippen molar-refractivity contribution in [1.29, 1.82) is 5.26 Å². The zero-order valence-electron chi connectivity index (χ0n) is 18.9. The van der Waals surface area contributed by atoms with E-state index in [-0.39, 0.29) is 28.2 Å². The minimum Gasteiger partial charge on any atom is -0.449 e. The molecule has 0 amide bonds. The topological polar surface area (TPSA) is 114 Å². The molecular formula is C22H17F6N5O3. The molecule has 14 heteroatoms. The number of aryl methyl sites for hydroxylation is 2. The monoisotopic (exact) mass is 513 g/mol. The molecule has 3 rings (SSSR count). The third kappa shape index (κ3) is 4.95. The zero-order valence-corrected chi connectivity index (χ0v) is 18.9. The third-order valence-corrected chi connectivity index (χ3v) is 5.22. The maximum absolute atomic E-state index is 14.3. The molecule has 8 nitrogen and oxygen atoms in total. The minimum absolute atomic E-state index is 0.0496. The molecule has 0 spiro atoms. The van der Waals surface area contributed by atoms with Crippen LogP contribution < -0.4 is 15.9 Å². The fourth-order valence-corrected chi connectivity index (χ4v) is 3.29. The lowest BCUT2D eigenvalue weighted by Crippen LogP contribution is -2.33. The van der Waals surface area contributed by atoms with Crippen LogP contribution in [-0.4, -0.2) is 25.9 Å². The number of ether oxygens (including phenoxy) is 1. The van der Waals surface area contributed by atoms with Crippen LogP contribution in [0.3, 0.4) is 0 Å². The van der Waals surface area contributed by atoms with Gasteiger partial charge in [0.15, 0.2) is 5.69 Å². The first-order chi connectivity index (χ1) is 16.8. The first-order valence-corrected chi connectivity index (χ1v) is 10.1. The van der Waals surface area contributed by atoms with E-state index >= 15 is 0 Å². The summed E-state index contributed by atoms with van der Waals surface area (Å²) in [6.45, 7) is 3.64. The highest BCUT2D eigenvalue weighted by Gasteiger charge is 2.48. The molecule has 36 heavy (non-hydrogen) atoms. The number of benzene rings is 1. The summed E-state index contributed by atoms with van der Waals surface area (Å²) in [5, 5.41) is 9.22. The Balaban J connectivity index is 2.25. The van der Waals surface area contributed by atoms with E-state index in [0.717, 1.165) is 6.07 Å². The summed E-state index contributed by atoms with van der Waals surface area (Å²) in [5.41, 5.74) is -4.80. The van der Waals surface area contributed by atoms with Crippen LogP contribution in [0.15, 0.2) is 28.0 Å². The Bertz CT molecular complexity index is 1480. The molecule has 0 saturated carbocycles. The summed E-state index contributed by atoms with van der Waals surface area (Å²) in [6.07, 6.45) is -6.86. The largest absolute Gasteiger partial charge is 0.449 e. The van der Waals surface area contributed by atoms with Gasteiger partial charge in [0, 0.05) is 16.8 Å². The number of rotatable bonds is 7. The van der Waals surface area contributed by atoms with E-state index in [9.17, 15) is 41.2 Å². The van der Waals surface area contributed by atoms with Gasteiger partial charge in [0.1, 0.15) is 11.6 Å². The Labute approximate surface area is 198 Å². The van der Waals surface area contributed by atoms with Crippen LogP contribution in [0.4, 0.5) is 26.3 Å². The van der Waals surface area contributed by atoms with Crippen LogP contribution in [0.2, 0.25) is 0 Å². The van der Waals surface area contributed by atoms with Crippen molar-refractivity contribution in [2.24, 2.45) is 0 Å². The SMILES string of the molecule is Cc1nc(C)c(Cn2cnc(C(F)(F)C(F)F)c(Oc3cc(C(F)F)cc(C#N)c3C)c2=O)c(=O)[nH]1. The van der Waals surface area contributed by atoms with Crippen molar-refractivity contribution in [2.75, 3.05) is 0 Å². The maximum atomic E-state index is 14.3. The molecule has 0 atom stereocenters. The molecule has 0 bridgehead atoms. The number of hydrogen-bond donors (Lipinski definition) is 1. The van der Waals surface area contributed by atoms with Crippen LogP contribution in [0.5, 0.6) is 11.5 Å². The molecule has 3 aromatic rings. The fraction of sp³-hybridized carbons (Fsp3) is 0.318. The van der Waals surface area contributed by atoms with Gasteiger partial charge in [0.25, 0.3) is 17.5 Å². The minimum atomic E-state index is -4.96. The number of halogens is 6. The molecule has 0 unspecified atom stereocenters.